The van der Waals surface area contributed by atoms with Crippen molar-refractivity contribution in [2.24, 2.45) is 5.92 Å². The Kier molecular flexibility index (Phi) is 6.22. The zero-order chi connectivity index (χ0) is 22.1. The number of piperidine rings is 1. The van der Waals surface area contributed by atoms with E-state index in [1.807, 2.05) is 6.20 Å². The van der Waals surface area contributed by atoms with E-state index in [1.165, 1.54) is 64.1 Å². The standard InChI is InChI=1S/C26H34FN5/c1-17-21(27)10-11-22-24(17)31-26(29-22)20-16-28-23(30-25(20)19-7-5-8-19)9-4-3-6-18-12-14-32(2)15-13-18/h10-11,16,18-19H,3-9,12-15H2,1-2H3,(H,29,31). The number of nitrogens with zero attached hydrogens (tertiary/aromatic N) is 4. The van der Waals surface area contributed by atoms with Crippen molar-refractivity contribution < 1.29 is 4.39 Å². The van der Waals surface area contributed by atoms with E-state index in [1.54, 1.807) is 13.0 Å². The lowest BCUT2D eigenvalue weighted by Crippen LogP contribution is -2.30. The molecule has 2 aliphatic rings. The fourth-order valence-electron chi connectivity index (χ4n) is 5.11. The molecule has 1 saturated heterocycles. The van der Waals surface area contributed by atoms with Gasteiger partial charge in [0, 0.05) is 24.1 Å². The number of aromatic nitrogens is 4. The number of H-pyrrole nitrogens is 1. The van der Waals surface area contributed by atoms with Gasteiger partial charge < -0.3 is 9.88 Å². The van der Waals surface area contributed by atoms with Gasteiger partial charge in [-0.1, -0.05) is 19.3 Å². The summed E-state index contributed by atoms with van der Waals surface area (Å²) in [5.74, 6) is 2.86. The fourth-order valence-corrected chi connectivity index (χ4v) is 5.11. The third-order valence-electron chi connectivity index (χ3n) is 7.56. The molecule has 1 aliphatic carbocycles. The Bertz CT molecular complexity index is 1080. The highest BCUT2D eigenvalue weighted by Gasteiger charge is 2.26. The van der Waals surface area contributed by atoms with Crippen LogP contribution in [0.3, 0.4) is 0 Å². The Balaban J connectivity index is 1.30. The first-order valence-electron chi connectivity index (χ1n) is 12.3. The average Bonchev–Trinajstić information content (AvgIpc) is 3.19. The van der Waals surface area contributed by atoms with Crippen molar-refractivity contribution in [3.63, 3.8) is 0 Å². The van der Waals surface area contributed by atoms with Crippen LogP contribution in [-0.4, -0.2) is 45.0 Å². The maximum Gasteiger partial charge on any atom is 0.141 e. The third kappa shape index (κ3) is 4.42. The molecule has 1 aliphatic heterocycles. The van der Waals surface area contributed by atoms with Crippen LogP contribution in [-0.2, 0) is 6.42 Å². The molecule has 3 heterocycles. The molecule has 170 valence electrons. The van der Waals surface area contributed by atoms with E-state index >= 15 is 0 Å². The molecule has 2 aromatic heterocycles. The highest BCUT2D eigenvalue weighted by Crippen LogP contribution is 2.40. The number of benzene rings is 1. The smallest absolute Gasteiger partial charge is 0.141 e. The summed E-state index contributed by atoms with van der Waals surface area (Å²) >= 11 is 0. The summed E-state index contributed by atoms with van der Waals surface area (Å²) in [7, 11) is 2.22. The summed E-state index contributed by atoms with van der Waals surface area (Å²) in [5, 5.41) is 0. The molecule has 1 saturated carbocycles. The molecule has 0 unspecified atom stereocenters. The van der Waals surface area contributed by atoms with Crippen molar-refractivity contribution in [1.29, 1.82) is 0 Å². The maximum atomic E-state index is 14.0. The van der Waals surface area contributed by atoms with Gasteiger partial charge in [-0.2, -0.15) is 0 Å². The minimum atomic E-state index is -0.221. The van der Waals surface area contributed by atoms with Gasteiger partial charge in [0.15, 0.2) is 0 Å². The molecule has 0 bridgehead atoms. The van der Waals surface area contributed by atoms with Crippen LogP contribution in [0.2, 0.25) is 0 Å². The first-order valence-corrected chi connectivity index (χ1v) is 12.3. The molecule has 1 N–H and O–H groups in total. The minimum Gasteiger partial charge on any atom is -0.338 e. The number of rotatable bonds is 7. The zero-order valence-electron chi connectivity index (χ0n) is 19.3. The number of hydrogen-bond donors (Lipinski definition) is 1. The van der Waals surface area contributed by atoms with Crippen molar-refractivity contribution in [3.8, 4) is 11.4 Å². The van der Waals surface area contributed by atoms with Gasteiger partial charge in [0.25, 0.3) is 0 Å². The molecular formula is C26H34FN5. The lowest BCUT2D eigenvalue weighted by molar-refractivity contribution is 0.209. The van der Waals surface area contributed by atoms with Gasteiger partial charge in [0.2, 0.25) is 0 Å². The zero-order valence-corrected chi connectivity index (χ0v) is 19.3. The van der Waals surface area contributed by atoms with Crippen molar-refractivity contribution >= 4 is 11.0 Å². The van der Waals surface area contributed by atoms with Crippen LogP contribution in [0.15, 0.2) is 18.3 Å². The summed E-state index contributed by atoms with van der Waals surface area (Å²) in [5.41, 5.74) is 4.22. The molecular weight excluding hydrogens is 401 g/mol. The molecule has 2 fully saturated rings. The normalized spacial score (nSPS) is 18.3. The minimum absolute atomic E-state index is 0.221. The molecule has 0 atom stereocenters. The largest absolute Gasteiger partial charge is 0.338 e. The summed E-state index contributed by atoms with van der Waals surface area (Å²) in [6, 6.07) is 3.26. The number of likely N-dealkylation sites (tertiary alicyclic amines) is 1. The van der Waals surface area contributed by atoms with Crippen LogP contribution in [0.5, 0.6) is 0 Å². The molecule has 0 spiro atoms. The second kappa shape index (κ2) is 9.26. The van der Waals surface area contributed by atoms with Crippen molar-refractivity contribution in [2.45, 2.75) is 70.6 Å². The van der Waals surface area contributed by atoms with Gasteiger partial charge >= 0.3 is 0 Å². The first kappa shape index (κ1) is 21.5. The maximum absolute atomic E-state index is 14.0. The van der Waals surface area contributed by atoms with Crippen LogP contribution in [0.4, 0.5) is 4.39 Å². The van der Waals surface area contributed by atoms with E-state index in [0.29, 0.717) is 17.0 Å². The highest BCUT2D eigenvalue weighted by molar-refractivity contribution is 5.82. The van der Waals surface area contributed by atoms with Crippen molar-refractivity contribution in [2.75, 3.05) is 20.1 Å². The van der Waals surface area contributed by atoms with E-state index in [9.17, 15) is 4.39 Å². The number of imidazole rings is 1. The number of aromatic amines is 1. The molecule has 0 amide bonds. The highest BCUT2D eigenvalue weighted by atomic mass is 19.1. The van der Waals surface area contributed by atoms with E-state index in [-0.39, 0.29) is 5.82 Å². The number of fused-ring (bicyclic) bond motifs is 1. The molecule has 3 aromatic rings. The van der Waals surface area contributed by atoms with Crippen LogP contribution >= 0.6 is 0 Å². The molecule has 6 heteroatoms. The van der Waals surface area contributed by atoms with Gasteiger partial charge in [-0.3, -0.25) is 0 Å². The lowest BCUT2D eigenvalue weighted by Gasteiger charge is -2.28. The van der Waals surface area contributed by atoms with Crippen molar-refractivity contribution in [1.82, 2.24) is 24.8 Å². The predicted molar refractivity (Wildman–Crippen MR) is 126 cm³/mol. The Labute approximate surface area is 189 Å². The Morgan fingerprint density at radius 1 is 1.09 bits per heavy atom. The van der Waals surface area contributed by atoms with E-state index in [0.717, 1.165) is 47.2 Å². The molecule has 5 rings (SSSR count). The van der Waals surface area contributed by atoms with Gasteiger partial charge in [0.1, 0.15) is 17.5 Å². The summed E-state index contributed by atoms with van der Waals surface area (Å²) in [6.45, 7) is 4.27. The van der Waals surface area contributed by atoms with Gasteiger partial charge in [-0.15, -0.1) is 0 Å². The summed E-state index contributed by atoms with van der Waals surface area (Å²) < 4.78 is 14.0. The molecule has 32 heavy (non-hydrogen) atoms. The number of hydrogen-bond acceptors (Lipinski definition) is 4. The van der Waals surface area contributed by atoms with E-state index < -0.39 is 0 Å². The molecule has 0 radical (unpaired) electrons. The topological polar surface area (TPSA) is 57.7 Å². The van der Waals surface area contributed by atoms with Crippen LogP contribution in [0.25, 0.3) is 22.4 Å². The van der Waals surface area contributed by atoms with Gasteiger partial charge in [0.05, 0.1) is 22.3 Å². The Morgan fingerprint density at radius 3 is 2.66 bits per heavy atom. The third-order valence-corrected chi connectivity index (χ3v) is 7.56. The average molecular weight is 436 g/mol. The molecule has 5 nitrogen and oxygen atoms in total. The SMILES string of the molecule is Cc1c(F)ccc2[nH]c(-c3cnc(CCCCC4CCN(C)CC4)nc3C3CCC3)nc12. The summed E-state index contributed by atoms with van der Waals surface area (Å²) in [4.78, 5) is 20.3. The monoisotopic (exact) mass is 435 g/mol. The number of unbranched alkanes of at least 4 members (excludes halogenated alkanes) is 1. The van der Waals surface area contributed by atoms with Crippen LogP contribution < -0.4 is 0 Å². The second-order valence-corrected chi connectivity index (χ2v) is 9.86. The first-order chi connectivity index (χ1) is 15.6. The quantitative estimate of drug-likeness (QED) is 0.477. The Morgan fingerprint density at radius 2 is 1.91 bits per heavy atom. The molecule has 1 aromatic carbocycles. The van der Waals surface area contributed by atoms with Gasteiger partial charge in [-0.05, 0) is 77.2 Å². The summed E-state index contributed by atoms with van der Waals surface area (Å²) in [6.07, 6.45) is 12.9. The van der Waals surface area contributed by atoms with Crippen LogP contribution in [0.1, 0.15) is 74.4 Å². The van der Waals surface area contributed by atoms with E-state index in [4.69, 9.17) is 15.0 Å². The number of nitrogens with one attached hydrogen (secondary N) is 1. The second-order valence-electron chi connectivity index (χ2n) is 9.86. The fraction of sp³-hybridized carbons (Fsp3) is 0.577. The van der Waals surface area contributed by atoms with Crippen LogP contribution in [0, 0.1) is 18.7 Å². The van der Waals surface area contributed by atoms with Gasteiger partial charge in [-0.25, -0.2) is 19.3 Å². The predicted octanol–water partition coefficient (Wildman–Crippen LogP) is 5.79. The van der Waals surface area contributed by atoms with Crippen molar-refractivity contribution in [3.05, 3.63) is 41.2 Å². The number of halogens is 1. The Hall–Kier alpha value is -2.34. The van der Waals surface area contributed by atoms with E-state index in [2.05, 4.69) is 16.9 Å². The number of aryl methyl sites for hydroxylation is 2. The lowest BCUT2D eigenvalue weighted by atomic mass is 9.81.